The third kappa shape index (κ3) is 2.67. The molecule has 0 spiro atoms. The molecule has 0 saturated carbocycles. The number of hydrogen-bond acceptors (Lipinski definition) is 6. The van der Waals surface area contributed by atoms with E-state index in [9.17, 15) is 9.59 Å². The van der Waals surface area contributed by atoms with Crippen molar-refractivity contribution in [1.29, 1.82) is 0 Å². The van der Waals surface area contributed by atoms with Crippen molar-refractivity contribution < 1.29 is 9.59 Å². The van der Waals surface area contributed by atoms with Crippen LogP contribution in [0.1, 0.15) is 19.0 Å². The van der Waals surface area contributed by atoms with Crippen LogP contribution in [-0.4, -0.2) is 81.0 Å². The molecule has 0 N–H and O–H groups in total. The zero-order valence-corrected chi connectivity index (χ0v) is 15.3. The second-order valence-corrected chi connectivity index (χ2v) is 7.17. The standard InChI is InChI=1S/C17H23N7O2/c1-4-12-6-14(24-17(20-12)18-10-19-24)22-8-13(9-22)23-7-11(5-15(23)25)16(26)21(2)3/h6,10-11,13H,4-5,7-9H2,1-3H3. The van der Waals surface area contributed by atoms with Gasteiger partial charge in [-0.2, -0.15) is 14.6 Å². The molecule has 0 aromatic carbocycles. The molecule has 2 aliphatic heterocycles. The van der Waals surface area contributed by atoms with Gasteiger partial charge in [-0.05, 0) is 6.42 Å². The lowest BCUT2D eigenvalue weighted by atomic mass is 10.1. The molecule has 4 rings (SSSR count). The maximum absolute atomic E-state index is 12.4. The van der Waals surface area contributed by atoms with Crippen LogP contribution in [0, 0.1) is 5.92 Å². The Morgan fingerprint density at radius 3 is 2.77 bits per heavy atom. The number of hydrogen-bond donors (Lipinski definition) is 0. The Kier molecular flexibility index (Phi) is 4.01. The molecule has 2 amide bonds. The van der Waals surface area contributed by atoms with Gasteiger partial charge in [0, 0.05) is 51.9 Å². The van der Waals surface area contributed by atoms with Crippen molar-refractivity contribution in [3.8, 4) is 0 Å². The molecule has 1 atom stereocenters. The molecule has 0 radical (unpaired) electrons. The number of nitrogens with zero attached hydrogens (tertiary/aromatic N) is 7. The van der Waals surface area contributed by atoms with Crippen molar-refractivity contribution in [1.82, 2.24) is 29.4 Å². The third-order valence-corrected chi connectivity index (χ3v) is 5.22. The van der Waals surface area contributed by atoms with Crippen molar-refractivity contribution in [2.75, 3.05) is 38.6 Å². The second-order valence-electron chi connectivity index (χ2n) is 7.17. The largest absolute Gasteiger partial charge is 0.352 e. The fourth-order valence-corrected chi connectivity index (χ4v) is 3.71. The number of anilines is 1. The van der Waals surface area contributed by atoms with E-state index >= 15 is 0 Å². The molecule has 26 heavy (non-hydrogen) atoms. The number of rotatable bonds is 4. The van der Waals surface area contributed by atoms with Crippen molar-refractivity contribution in [2.45, 2.75) is 25.8 Å². The maximum atomic E-state index is 12.4. The van der Waals surface area contributed by atoms with E-state index in [1.54, 1.807) is 23.5 Å². The van der Waals surface area contributed by atoms with E-state index in [1.807, 2.05) is 11.0 Å². The van der Waals surface area contributed by atoms with Gasteiger partial charge < -0.3 is 14.7 Å². The van der Waals surface area contributed by atoms with Crippen LogP contribution in [0.3, 0.4) is 0 Å². The molecule has 0 aliphatic carbocycles. The molecule has 2 aliphatic rings. The molecule has 2 saturated heterocycles. The molecular weight excluding hydrogens is 334 g/mol. The zero-order chi connectivity index (χ0) is 18.4. The Hall–Kier alpha value is -2.71. The smallest absolute Gasteiger partial charge is 0.254 e. The molecule has 2 aromatic heterocycles. The number of carbonyl (C=O) groups excluding carboxylic acids is 2. The van der Waals surface area contributed by atoms with Crippen LogP contribution in [0.4, 0.5) is 5.82 Å². The van der Waals surface area contributed by atoms with E-state index in [0.717, 1.165) is 31.0 Å². The van der Waals surface area contributed by atoms with E-state index in [2.05, 4.69) is 26.9 Å². The Labute approximate surface area is 151 Å². The van der Waals surface area contributed by atoms with Gasteiger partial charge in [0.05, 0.1) is 12.0 Å². The summed E-state index contributed by atoms with van der Waals surface area (Å²) in [6, 6.07) is 2.17. The van der Waals surface area contributed by atoms with Gasteiger partial charge in [0.25, 0.3) is 5.78 Å². The second kappa shape index (κ2) is 6.22. The van der Waals surface area contributed by atoms with E-state index in [-0.39, 0.29) is 23.8 Å². The molecule has 2 fully saturated rings. The molecule has 0 bridgehead atoms. The Bertz CT molecular complexity index is 856. The summed E-state index contributed by atoms with van der Waals surface area (Å²) in [5, 5.41) is 4.26. The first-order valence-corrected chi connectivity index (χ1v) is 8.93. The monoisotopic (exact) mass is 357 g/mol. The molecular formula is C17H23N7O2. The van der Waals surface area contributed by atoms with Crippen molar-refractivity contribution in [3.63, 3.8) is 0 Å². The topological polar surface area (TPSA) is 86.9 Å². The highest BCUT2D eigenvalue weighted by Crippen LogP contribution is 2.29. The number of aryl methyl sites for hydroxylation is 1. The molecule has 1 unspecified atom stereocenters. The number of likely N-dealkylation sites (tertiary alicyclic amines) is 1. The van der Waals surface area contributed by atoms with Crippen LogP contribution < -0.4 is 4.90 Å². The van der Waals surface area contributed by atoms with E-state index < -0.39 is 0 Å². The fraction of sp³-hybridized carbons (Fsp3) is 0.588. The van der Waals surface area contributed by atoms with Gasteiger partial charge >= 0.3 is 0 Å². The first kappa shape index (κ1) is 16.7. The highest BCUT2D eigenvalue weighted by molar-refractivity contribution is 5.89. The minimum atomic E-state index is -0.221. The fourth-order valence-electron chi connectivity index (χ4n) is 3.71. The van der Waals surface area contributed by atoms with Gasteiger partial charge in [-0.15, -0.1) is 0 Å². The number of carbonyl (C=O) groups is 2. The van der Waals surface area contributed by atoms with E-state index in [1.165, 1.54) is 6.33 Å². The summed E-state index contributed by atoms with van der Waals surface area (Å²) >= 11 is 0. The average Bonchev–Trinajstić information content (AvgIpc) is 3.19. The summed E-state index contributed by atoms with van der Waals surface area (Å²) in [5.74, 6) is 1.43. The Morgan fingerprint density at radius 2 is 2.08 bits per heavy atom. The average molecular weight is 357 g/mol. The van der Waals surface area contributed by atoms with Crippen molar-refractivity contribution in [3.05, 3.63) is 18.1 Å². The summed E-state index contributed by atoms with van der Waals surface area (Å²) in [4.78, 5) is 38.8. The molecule has 2 aromatic rings. The molecule has 4 heterocycles. The minimum Gasteiger partial charge on any atom is -0.352 e. The lowest BCUT2D eigenvalue weighted by molar-refractivity contribution is -0.133. The van der Waals surface area contributed by atoms with Gasteiger partial charge in [0.2, 0.25) is 11.8 Å². The van der Waals surface area contributed by atoms with Gasteiger partial charge in [-0.25, -0.2) is 4.98 Å². The van der Waals surface area contributed by atoms with Crippen LogP contribution in [0.15, 0.2) is 12.4 Å². The summed E-state index contributed by atoms with van der Waals surface area (Å²) in [6.45, 7) is 4.04. The van der Waals surface area contributed by atoms with Crippen LogP contribution >= 0.6 is 0 Å². The van der Waals surface area contributed by atoms with E-state index in [0.29, 0.717) is 18.7 Å². The summed E-state index contributed by atoms with van der Waals surface area (Å²) < 4.78 is 1.74. The SMILES string of the molecule is CCc1cc(N2CC(N3CC(C(=O)N(C)C)CC3=O)C2)n2ncnc2n1. The van der Waals surface area contributed by atoms with Gasteiger partial charge in [-0.3, -0.25) is 9.59 Å². The number of aromatic nitrogens is 4. The number of fused-ring (bicyclic) bond motifs is 1. The third-order valence-electron chi connectivity index (χ3n) is 5.22. The van der Waals surface area contributed by atoms with Gasteiger partial charge in [0.1, 0.15) is 12.1 Å². The Balaban J connectivity index is 1.47. The highest BCUT2D eigenvalue weighted by Gasteiger charge is 2.43. The van der Waals surface area contributed by atoms with Crippen LogP contribution in [-0.2, 0) is 16.0 Å². The highest BCUT2D eigenvalue weighted by atomic mass is 16.2. The van der Waals surface area contributed by atoms with Crippen LogP contribution in [0.2, 0.25) is 0 Å². The minimum absolute atomic E-state index is 0.0306. The quantitative estimate of drug-likeness (QED) is 0.754. The lowest BCUT2D eigenvalue weighted by Crippen LogP contribution is -2.60. The van der Waals surface area contributed by atoms with E-state index in [4.69, 9.17) is 0 Å². The lowest BCUT2D eigenvalue weighted by Gasteiger charge is -2.45. The summed E-state index contributed by atoms with van der Waals surface area (Å²) in [7, 11) is 3.47. The predicted molar refractivity (Wildman–Crippen MR) is 94.7 cm³/mol. The first-order valence-electron chi connectivity index (χ1n) is 8.93. The first-order chi connectivity index (χ1) is 12.5. The zero-order valence-electron chi connectivity index (χ0n) is 15.3. The van der Waals surface area contributed by atoms with Gasteiger partial charge in [0.15, 0.2) is 0 Å². The summed E-state index contributed by atoms with van der Waals surface area (Å²) in [6.07, 6.45) is 2.65. The molecule has 9 nitrogen and oxygen atoms in total. The predicted octanol–water partition coefficient (Wildman–Crippen LogP) is -0.188. The van der Waals surface area contributed by atoms with Crippen LogP contribution in [0.5, 0.6) is 0 Å². The van der Waals surface area contributed by atoms with Crippen molar-refractivity contribution >= 4 is 23.4 Å². The summed E-state index contributed by atoms with van der Waals surface area (Å²) in [5.41, 5.74) is 0.970. The number of amides is 2. The van der Waals surface area contributed by atoms with Crippen molar-refractivity contribution in [2.24, 2.45) is 5.92 Å². The van der Waals surface area contributed by atoms with Gasteiger partial charge in [-0.1, -0.05) is 6.92 Å². The maximum Gasteiger partial charge on any atom is 0.254 e. The Morgan fingerprint density at radius 1 is 1.31 bits per heavy atom. The van der Waals surface area contributed by atoms with Crippen LogP contribution in [0.25, 0.3) is 5.78 Å². The molecule has 138 valence electrons. The normalized spacial score (nSPS) is 20.7. The molecule has 9 heteroatoms.